The lowest BCUT2D eigenvalue weighted by Gasteiger charge is -2.34. The van der Waals surface area contributed by atoms with Gasteiger partial charge in [-0.2, -0.15) is 0 Å². The summed E-state index contributed by atoms with van der Waals surface area (Å²) in [6.07, 6.45) is 4.51. The molecule has 0 saturated heterocycles. The van der Waals surface area contributed by atoms with E-state index < -0.39 is 5.60 Å². The van der Waals surface area contributed by atoms with E-state index >= 15 is 0 Å². The van der Waals surface area contributed by atoms with Gasteiger partial charge in [-0.1, -0.05) is 26.0 Å². The molecule has 0 aromatic carbocycles. The van der Waals surface area contributed by atoms with Gasteiger partial charge >= 0.3 is 0 Å². The molecule has 0 amide bonds. The fraction of sp³-hybridized carbons (Fsp3) is 0.867. The molecule has 0 aliphatic heterocycles. The molecule has 5 atom stereocenters. The molecule has 3 aliphatic rings. The molecule has 1 nitrogen and oxygen atoms in total. The minimum absolute atomic E-state index is 0.437. The Balaban J connectivity index is 1.97. The topological polar surface area (TPSA) is 20.2 Å². The molecule has 3 rings (SSSR count). The van der Waals surface area contributed by atoms with Crippen LogP contribution in [-0.4, -0.2) is 10.7 Å². The van der Waals surface area contributed by atoms with E-state index in [2.05, 4.69) is 27.4 Å². The summed E-state index contributed by atoms with van der Waals surface area (Å²) in [6.45, 7) is 11.1. The summed E-state index contributed by atoms with van der Waals surface area (Å²) < 4.78 is 0. The first-order chi connectivity index (χ1) is 7.36. The molecule has 0 aromatic heterocycles. The molecule has 1 N–H and O–H groups in total. The molecule has 0 unspecified atom stereocenters. The van der Waals surface area contributed by atoms with Gasteiger partial charge in [0.05, 0.1) is 5.60 Å². The van der Waals surface area contributed by atoms with Gasteiger partial charge in [-0.25, -0.2) is 0 Å². The van der Waals surface area contributed by atoms with Crippen molar-refractivity contribution in [3.63, 3.8) is 0 Å². The summed E-state index contributed by atoms with van der Waals surface area (Å²) in [7, 11) is 0. The molecule has 1 heteroatoms. The second-order valence-electron chi connectivity index (χ2n) is 7.18. The standard InChI is InChI=1S/C15H24O/c1-9-5-6-10-12(9)13-11(14(13,2)3)7-8-15(10,4)16/h10-13,16H,1,5-8H2,2-4H3/t10-,11-,12-,13-,15+/m0/s1. The van der Waals surface area contributed by atoms with E-state index in [1.807, 2.05) is 0 Å². The molecule has 0 heterocycles. The Hall–Kier alpha value is -0.300. The number of hydrogen-bond donors (Lipinski definition) is 1. The fourth-order valence-electron chi connectivity index (χ4n) is 4.86. The maximum atomic E-state index is 10.6. The molecule has 3 fully saturated rings. The van der Waals surface area contributed by atoms with Crippen molar-refractivity contribution in [2.75, 3.05) is 0 Å². The third kappa shape index (κ3) is 1.21. The van der Waals surface area contributed by atoms with Crippen LogP contribution in [0.5, 0.6) is 0 Å². The van der Waals surface area contributed by atoms with E-state index in [1.165, 1.54) is 12.0 Å². The van der Waals surface area contributed by atoms with Crippen molar-refractivity contribution in [1.29, 1.82) is 0 Å². The minimum atomic E-state index is -0.437. The lowest BCUT2D eigenvalue weighted by Crippen LogP contribution is -2.37. The smallest absolute Gasteiger partial charge is 0.0653 e. The number of allylic oxidation sites excluding steroid dienone is 1. The van der Waals surface area contributed by atoms with Gasteiger partial charge in [0.15, 0.2) is 0 Å². The van der Waals surface area contributed by atoms with Crippen LogP contribution in [0, 0.1) is 29.1 Å². The Morgan fingerprint density at radius 2 is 1.88 bits per heavy atom. The largest absolute Gasteiger partial charge is 0.390 e. The second-order valence-corrected chi connectivity index (χ2v) is 7.18. The quantitative estimate of drug-likeness (QED) is 0.620. The zero-order valence-electron chi connectivity index (χ0n) is 10.8. The highest BCUT2D eigenvalue weighted by Gasteiger charge is 2.66. The molecule has 0 aromatic rings. The zero-order valence-corrected chi connectivity index (χ0v) is 10.8. The highest BCUT2D eigenvalue weighted by Crippen LogP contribution is 2.70. The van der Waals surface area contributed by atoms with Gasteiger partial charge in [-0.05, 0) is 61.7 Å². The molecule has 16 heavy (non-hydrogen) atoms. The molecular weight excluding hydrogens is 196 g/mol. The Bertz CT molecular complexity index is 339. The third-order valence-corrected chi connectivity index (χ3v) is 5.97. The predicted molar refractivity (Wildman–Crippen MR) is 66.0 cm³/mol. The summed E-state index contributed by atoms with van der Waals surface area (Å²) >= 11 is 0. The van der Waals surface area contributed by atoms with E-state index in [9.17, 15) is 5.11 Å². The predicted octanol–water partition coefficient (Wildman–Crippen LogP) is 3.39. The van der Waals surface area contributed by atoms with Crippen LogP contribution in [0.4, 0.5) is 0 Å². The van der Waals surface area contributed by atoms with Gasteiger partial charge in [0.25, 0.3) is 0 Å². The Morgan fingerprint density at radius 3 is 2.56 bits per heavy atom. The van der Waals surface area contributed by atoms with Gasteiger partial charge in [0.2, 0.25) is 0 Å². The normalized spacial score (nSPS) is 54.1. The van der Waals surface area contributed by atoms with Gasteiger partial charge in [0, 0.05) is 0 Å². The monoisotopic (exact) mass is 220 g/mol. The Kier molecular flexibility index (Phi) is 1.98. The SMILES string of the molecule is C=C1CC[C@H]2[C@H]1[C@@H]1[C@H](CC[C@@]2(C)O)C1(C)C. The van der Waals surface area contributed by atoms with Gasteiger partial charge < -0.3 is 5.11 Å². The van der Waals surface area contributed by atoms with Crippen LogP contribution in [0.15, 0.2) is 12.2 Å². The molecule has 90 valence electrons. The van der Waals surface area contributed by atoms with E-state index in [0.29, 0.717) is 17.3 Å². The van der Waals surface area contributed by atoms with Gasteiger partial charge in [-0.15, -0.1) is 0 Å². The van der Waals surface area contributed by atoms with Crippen LogP contribution in [-0.2, 0) is 0 Å². The average molecular weight is 220 g/mol. The highest BCUT2D eigenvalue weighted by atomic mass is 16.3. The summed E-state index contributed by atoms with van der Waals surface area (Å²) in [4.78, 5) is 0. The van der Waals surface area contributed by atoms with Crippen molar-refractivity contribution in [1.82, 2.24) is 0 Å². The van der Waals surface area contributed by atoms with Gasteiger partial charge in [-0.3, -0.25) is 0 Å². The molecule has 0 radical (unpaired) electrons. The van der Waals surface area contributed by atoms with Crippen molar-refractivity contribution in [2.24, 2.45) is 29.1 Å². The molecule has 0 spiro atoms. The summed E-state index contributed by atoms with van der Waals surface area (Å²) in [5.41, 5.74) is 1.49. The van der Waals surface area contributed by atoms with Crippen molar-refractivity contribution in [3.05, 3.63) is 12.2 Å². The molecular formula is C15H24O. The lowest BCUT2D eigenvalue weighted by molar-refractivity contribution is -0.0229. The Morgan fingerprint density at radius 1 is 1.19 bits per heavy atom. The van der Waals surface area contributed by atoms with Crippen molar-refractivity contribution < 1.29 is 5.11 Å². The van der Waals surface area contributed by atoms with Crippen LogP contribution in [0.25, 0.3) is 0 Å². The van der Waals surface area contributed by atoms with E-state index in [-0.39, 0.29) is 0 Å². The maximum Gasteiger partial charge on any atom is 0.0653 e. The van der Waals surface area contributed by atoms with Gasteiger partial charge in [0.1, 0.15) is 0 Å². The van der Waals surface area contributed by atoms with Crippen LogP contribution < -0.4 is 0 Å². The molecule has 0 bridgehead atoms. The van der Waals surface area contributed by atoms with Crippen LogP contribution in [0.2, 0.25) is 0 Å². The third-order valence-electron chi connectivity index (χ3n) is 5.97. The fourth-order valence-corrected chi connectivity index (χ4v) is 4.86. The number of hydrogen-bond acceptors (Lipinski definition) is 1. The van der Waals surface area contributed by atoms with Crippen molar-refractivity contribution in [2.45, 2.75) is 52.1 Å². The first-order valence-electron chi connectivity index (χ1n) is 6.76. The summed E-state index contributed by atoms with van der Waals surface area (Å²) in [5, 5.41) is 10.6. The van der Waals surface area contributed by atoms with Crippen LogP contribution in [0.1, 0.15) is 46.5 Å². The van der Waals surface area contributed by atoms with E-state index in [0.717, 1.165) is 31.1 Å². The van der Waals surface area contributed by atoms with Crippen molar-refractivity contribution in [3.8, 4) is 0 Å². The Labute approximate surface area is 98.9 Å². The molecule has 3 aliphatic carbocycles. The summed E-state index contributed by atoms with van der Waals surface area (Å²) in [6, 6.07) is 0. The maximum absolute atomic E-state index is 10.6. The number of fused-ring (bicyclic) bond motifs is 3. The minimum Gasteiger partial charge on any atom is -0.390 e. The highest BCUT2D eigenvalue weighted by molar-refractivity contribution is 5.24. The van der Waals surface area contributed by atoms with Crippen molar-refractivity contribution >= 4 is 0 Å². The van der Waals surface area contributed by atoms with Crippen LogP contribution in [0.3, 0.4) is 0 Å². The number of rotatable bonds is 0. The first kappa shape index (κ1) is 10.8. The second kappa shape index (κ2) is 2.93. The first-order valence-corrected chi connectivity index (χ1v) is 6.76. The van der Waals surface area contributed by atoms with Crippen LogP contribution >= 0.6 is 0 Å². The van der Waals surface area contributed by atoms with E-state index in [4.69, 9.17) is 0 Å². The van der Waals surface area contributed by atoms with E-state index in [1.54, 1.807) is 0 Å². The zero-order chi connectivity index (χ0) is 11.7. The lowest BCUT2D eigenvalue weighted by atomic mass is 9.76. The summed E-state index contributed by atoms with van der Waals surface area (Å²) in [5.74, 6) is 2.74. The number of aliphatic hydroxyl groups is 1. The average Bonchev–Trinajstić information content (AvgIpc) is 2.51. The molecule has 3 saturated carbocycles.